The monoisotopic (exact) mass is 218 g/mol. The smallest absolute Gasteiger partial charge is 0.236 e. The van der Waals surface area contributed by atoms with Crippen LogP contribution in [0.5, 0.6) is 0 Å². The van der Waals surface area contributed by atoms with Crippen molar-refractivity contribution in [1.29, 1.82) is 0 Å². The summed E-state index contributed by atoms with van der Waals surface area (Å²) in [5, 5.41) is 3.23. The second-order valence-corrected chi connectivity index (χ2v) is 4.46. The number of hydrogen-bond acceptors (Lipinski definition) is 3. The van der Waals surface area contributed by atoms with Crippen LogP contribution in [-0.4, -0.2) is 49.0 Å². The highest BCUT2D eigenvalue weighted by molar-refractivity contribution is 7.98. The molecule has 1 atom stereocenters. The Morgan fingerprint density at radius 2 is 2.21 bits per heavy atom. The van der Waals surface area contributed by atoms with Crippen LogP contribution in [0.25, 0.3) is 0 Å². The zero-order valence-electron chi connectivity index (χ0n) is 9.67. The lowest BCUT2D eigenvalue weighted by atomic mass is 10.2. The van der Waals surface area contributed by atoms with E-state index in [1.54, 1.807) is 4.90 Å². The fourth-order valence-corrected chi connectivity index (χ4v) is 1.56. The molecule has 0 aromatic heterocycles. The van der Waals surface area contributed by atoms with Crippen molar-refractivity contribution in [3.8, 4) is 0 Å². The summed E-state index contributed by atoms with van der Waals surface area (Å²) < 4.78 is 0. The maximum atomic E-state index is 11.4. The van der Waals surface area contributed by atoms with E-state index in [1.165, 1.54) is 0 Å². The second-order valence-electron chi connectivity index (χ2n) is 3.47. The highest BCUT2D eigenvalue weighted by Gasteiger charge is 2.07. The summed E-state index contributed by atoms with van der Waals surface area (Å²) >= 11 is 1.84. The topological polar surface area (TPSA) is 32.3 Å². The van der Waals surface area contributed by atoms with Crippen LogP contribution in [0.15, 0.2) is 0 Å². The fourth-order valence-electron chi connectivity index (χ4n) is 0.970. The van der Waals surface area contributed by atoms with Crippen LogP contribution < -0.4 is 5.32 Å². The Hall–Kier alpha value is -0.220. The summed E-state index contributed by atoms with van der Waals surface area (Å²) in [6, 6.07) is 0.427. The molecule has 0 aromatic carbocycles. The van der Waals surface area contributed by atoms with E-state index in [0.717, 1.165) is 18.7 Å². The van der Waals surface area contributed by atoms with Crippen molar-refractivity contribution < 1.29 is 4.79 Å². The van der Waals surface area contributed by atoms with Crippen molar-refractivity contribution in [3.63, 3.8) is 0 Å². The fraction of sp³-hybridized carbons (Fsp3) is 0.900. The molecule has 0 saturated heterocycles. The van der Waals surface area contributed by atoms with Gasteiger partial charge in [0.15, 0.2) is 0 Å². The Kier molecular flexibility index (Phi) is 7.99. The lowest BCUT2D eigenvalue weighted by Gasteiger charge is -2.17. The largest absolute Gasteiger partial charge is 0.345 e. The molecule has 0 aliphatic carbocycles. The zero-order chi connectivity index (χ0) is 11.0. The predicted octanol–water partition coefficient (Wildman–Crippen LogP) is 1.20. The summed E-state index contributed by atoms with van der Waals surface area (Å²) in [4.78, 5) is 13.1. The first-order valence-corrected chi connectivity index (χ1v) is 6.47. The van der Waals surface area contributed by atoms with Crippen molar-refractivity contribution in [3.05, 3.63) is 0 Å². The number of nitrogens with one attached hydrogen (secondary N) is 1. The van der Waals surface area contributed by atoms with Gasteiger partial charge in [0.25, 0.3) is 0 Å². The minimum absolute atomic E-state index is 0.170. The molecule has 0 aliphatic rings. The predicted molar refractivity (Wildman–Crippen MR) is 63.8 cm³/mol. The number of rotatable bonds is 7. The van der Waals surface area contributed by atoms with Crippen molar-refractivity contribution in [2.75, 3.05) is 32.1 Å². The highest BCUT2D eigenvalue weighted by atomic mass is 32.2. The number of carbonyl (C=O) groups is 1. The summed E-state index contributed by atoms with van der Waals surface area (Å²) in [6.45, 7) is 5.34. The Morgan fingerprint density at radius 3 is 2.71 bits per heavy atom. The Balaban J connectivity index is 3.55. The zero-order valence-corrected chi connectivity index (χ0v) is 10.5. The number of likely N-dealkylation sites (N-methyl/N-ethyl adjacent to an activating group) is 1. The van der Waals surface area contributed by atoms with Gasteiger partial charge in [-0.3, -0.25) is 4.79 Å². The molecular formula is C10H22N2OS. The first-order chi connectivity index (χ1) is 6.61. The molecule has 3 nitrogen and oxygen atoms in total. The molecule has 84 valence electrons. The van der Waals surface area contributed by atoms with Crippen LogP contribution in [-0.2, 0) is 4.79 Å². The average Bonchev–Trinajstić information content (AvgIpc) is 2.21. The standard InChI is InChI=1S/C10H22N2OS/c1-5-12(3)10(13)8-11-9(2)6-7-14-4/h9,11H,5-8H2,1-4H3. The Bertz CT molecular complexity index is 164. The van der Waals surface area contributed by atoms with Gasteiger partial charge < -0.3 is 10.2 Å². The molecule has 4 heteroatoms. The Morgan fingerprint density at radius 1 is 1.57 bits per heavy atom. The van der Waals surface area contributed by atoms with Gasteiger partial charge in [0, 0.05) is 19.6 Å². The molecule has 0 rings (SSSR count). The SMILES string of the molecule is CCN(C)C(=O)CNC(C)CCSC. The number of amides is 1. The third-order valence-electron chi connectivity index (χ3n) is 2.26. The number of nitrogens with zero attached hydrogens (tertiary/aromatic N) is 1. The molecule has 1 amide bonds. The third-order valence-corrected chi connectivity index (χ3v) is 2.90. The van der Waals surface area contributed by atoms with E-state index in [9.17, 15) is 4.79 Å². The van der Waals surface area contributed by atoms with Crippen LogP contribution in [0.2, 0.25) is 0 Å². The number of thioether (sulfide) groups is 1. The average molecular weight is 218 g/mol. The maximum Gasteiger partial charge on any atom is 0.236 e. The number of carbonyl (C=O) groups excluding carboxylic acids is 1. The molecule has 0 heterocycles. The summed E-state index contributed by atoms with van der Waals surface area (Å²) in [5.74, 6) is 1.31. The van der Waals surface area contributed by atoms with Gasteiger partial charge in [-0.15, -0.1) is 0 Å². The second kappa shape index (κ2) is 8.12. The van der Waals surface area contributed by atoms with Gasteiger partial charge in [-0.1, -0.05) is 0 Å². The van der Waals surface area contributed by atoms with Gasteiger partial charge in [0.1, 0.15) is 0 Å². The third kappa shape index (κ3) is 6.27. The lowest BCUT2D eigenvalue weighted by molar-refractivity contribution is -0.128. The van der Waals surface area contributed by atoms with Crippen LogP contribution in [0, 0.1) is 0 Å². The van der Waals surface area contributed by atoms with Gasteiger partial charge in [0.05, 0.1) is 6.54 Å². The van der Waals surface area contributed by atoms with Gasteiger partial charge in [-0.25, -0.2) is 0 Å². The van der Waals surface area contributed by atoms with E-state index in [2.05, 4.69) is 18.5 Å². The molecule has 0 spiro atoms. The molecule has 0 fully saturated rings. The van der Waals surface area contributed by atoms with Crippen LogP contribution >= 0.6 is 11.8 Å². The van der Waals surface area contributed by atoms with Gasteiger partial charge in [-0.2, -0.15) is 11.8 Å². The Labute approximate surface area is 91.6 Å². The molecule has 1 unspecified atom stereocenters. The summed E-state index contributed by atoms with van der Waals surface area (Å²) in [7, 11) is 1.83. The van der Waals surface area contributed by atoms with Gasteiger partial charge in [-0.05, 0) is 32.3 Å². The number of hydrogen-bond donors (Lipinski definition) is 1. The van der Waals surface area contributed by atoms with Crippen molar-refractivity contribution in [2.24, 2.45) is 0 Å². The molecule has 0 aromatic rings. The van der Waals surface area contributed by atoms with Gasteiger partial charge >= 0.3 is 0 Å². The van der Waals surface area contributed by atoms with E-state index < -0.39 is 0 Å². The lowest BCUT2D eigenvalue weighted by Crippen LogP contribution is -2.39. The molecule has 1 N–H and O–H groups in total. The molecular weight excluding hydrogens is 196 g/mol. The molecule has 14 heavy (non-hydrogen) atoms. The molecule has 0 saturated carbocycles. The van der Waals surface area contributed by atoms with E-state index in [1.807, 2.05) is 25.7 Å². The first kappa shape index (κ1) is 13.8. The quantitative estimate of drug-likeness (QED) is 0.697. The van der Waals surface area contributed by atoms with Crippen LogP contribution in [0.3, 0.4) is 0 Å². The van der Waals surface area contributed by atoms with Crippen LogP contribution in [0.4, 0.5) is 0 Å². The van der Waals surface area contributed by atoms with E-state index in [-0.39, 0.29) is 5.91 Å². The summed E-state index contributed by atoms with van der Waals surface area (Å²) in [5.41, 5.74) is 0. The molecule has 0 radical (unpaired) electrons. The molecule has 0 bridgehead atoms. The van der Waals surface area contributed by atoms with Crippen molar-refractivity contribution >= 4 is 17.7 Å². The highest BCUT2D eigenvalue weighted by Crippen LogP contribution is 1.99. The minimum atomic E-state index is 0.170. The summed E-state index contributed by atoms with van der Waals surface area (Å²) in [6.07, 6.45) is 3.22. The van der Waals surface area contributed by atoms with Gasteiger partial charge in [0.2, 0.25) is 5.91 Å². The first-order valence-electron chi connectivity index (χ1n) is 5.08. The van der Waals surface area contributed by atoms with Crippen molar-refractivity contribution in [2.45, 2.75) is 26.3 Å². The van der Waals surface area contributed by atoms with E-state index in [0.29, 0.717) is 12.6 Å². The van der Waals surface area contributed by atoms with Crippen molar-refractivity contribution in [1.82, 2.24) is 10.2 Å². The van der Waals surface area contributed by atoms with Crippen LogP contribution in [0.1, 0.15) is 20.3 Å². The van der Waals surface area contributed by atoms with E-state index in [4.69, 9.17) is 0 Å². The molecule has 0 aliphatic heterocycles. The normalized spacial score (nSPS) is 12.6. The minimum Gasteiger partial charge on any atom is -0.345 e. The van der Waals surface area contributed by atoms with E-state index >= 15 is 0 Å². The maximum absolute atomic E-state index is 11.4.